The van der Waals surface area contributed by atoms with Gasteiger partial charge in [-0.05, 0) is 32.4 Å². The number of nitrogens with two attached hydrogens (primary N) is 1. The molecule has 0 spiro atoms. The second-order valence-electron chi connectivity index (χ2n) is 5.40. The van der Waals surface area contributed by atoms with Crippen LogP contribution in [-0.4, -0.2) is 31.1 Å². The van der Waals surface area contributed by atoms with Crippen LogP contribution in [0.15, 0.2) is 18.2 Å². The predicted molar refractivity (Wildman–Crippen MR) is 74.4 cm³/mol. The van der Waals surface area contributed by atoms with Gasteiger partial charge in [0.25, 0.3) is 0 Å². The number of benzene rings is 1. The minimum Gasteiger partial charge on any atom is -0.384 e. The van der Waals surface area contributed by atoms with Gasteiger partial charge in [-0.15, -0.1) is 0 Å². The van der Waals surface area contributed by atoms with Crippen molar-refractivity contribution in [1.82, 2.24) is 0 Å². The first-order chi connectivity index (χ1) is 8.43. The molecule has 0 radical (unpaired) electrons. The van der Waals surface area contributed by atoms with Crippen LogP contribution in [-0.2, 0) is 4.74 Å². The largest absolute Gasteiger partial charge is 0.384 e. The van der Waals surface area contributed by atoms with E-state index < -0.39 is 0 Å². The van der Waals surface area contributed by atoms with E-state index in [-0.39, 0.29) is 11.4 Å². The van der Waals surface area contributed by atoms with Crippen LogP contribution in [0.3, 0.4) is 0 Å². The molecule has 0 saturated carbocycles. The summed E-state index contributed by atoms with van der Waals surface area (Å²) in [7, 11) is 0. The molecule has 0 atom stereocenters. The number of ether oxygens (including phenoxy) is 1. The molecule has 2 rings (SSSR count). The zero-order valence-electron chi connectivity index (χ0n) is 11.3. The van der Waals surface area contributed by atoms with Crippen molar-refractivity contribution in [2.24, 2.45) is 5.73 Å². The molecule has 1 fully saturated rings. The fourth-order valence-electron chi connectivity index (χ4n) is 2.51. The Morgan fingerprint density at radius 3 is 2.78 bits per heavy atom. The highest BCUT2D eigenvalue weighted by Crippen LogP contribution is 2.32. The van der Waals surface area contributed by atoms with Gasteiger partial charge in [-0.1, -0.05) is 12.1 Å². The Labute approximate surface area is 108 Å². The standard InChI is InChI=1S/C14H21N3O/c1-10-5-4-6-11(13(15)16)12(10)17-7-8-18-9-14(17,2)3/h4-6H,7-9H2,1-3H3,(H3,15,16). The van der Waals surface area contributed by atoms with Crippen molar-refractivity contribution in [2.45, 2.75) is 26.3 Å². The summed E-state index contributed by atoms with van der Waals surface area (Å²) in [5.74, 6) is 0.121. The summed E-state index contributed by atoms with van der Waals surface area (Å²) in [5.41, 5.74) is 8.66. The van der Waals surface area contributed by atoms with Crippen LogP contribution in [0.1, 0.15) is 25.0 Å². The van der Waals surface area contributed by atoms with Crippen LogP contribution in [0, 0.1) is 12.3 Å². The van der Waals surface area contributed by atoms with Crippen LogP contribution in [0.5, 0.6) is 0 Å². The molecular weight excluding hydrogens is 226 g/mol. The number of aryl methyl sites for hydroxylation is 1. The molecule has 98 valence electrons. The molecule has 0 aromatic heterocycles. The second-order valence-corrected chi connectivity index (χ2v) is 5.40. The molecule has 0 unspecified atom stereocenters. The summed E-state index contributed by atoms with van der Waals surface area (Å²) in [4.78, 5) is 2.31. The normalized spacial score (nSPS) is 18.7. The Morgan fingerprint density at radius 2 is 2.17 bits per heavy atom. The quantitative estimate of drug-likeness (QED) is 0.619. The lowest BCUT2D eigenvalue weighted by Crippen LogP contribution is -2.54. The SMILES string of the molecule is Cc1cccc(C(=N)N)c1N1CCOCC1(C)C. The smallest absolute Gasteiger partial charge is 0.124 e. The number of para-hydroxylation sites is 1. The van der Waals surface area contributed by atoms with Gasteiger partial charge in [-0.3, -0.25) is 5.41 Å². The highest BCUT2D eigenvalue weighted by molar-refractivity contribution is 6.01. The van der Waals surface area contributed by atoms with E-state index in [9.17, 15) is 0 Å². The van der Waals surface area contributed by atoms with Crippen molar-refractivity contribution in [2.75, 3.05) is 24.7 Å². The number of rotatable bonds is 2. The first-order valence-electron chi connectivity index (χ1n) is 6.23. The van der Waals surface area contributed by atoms with Gasteiger partial charge < -0.3 is 15.4 Å². The van der Waals surface area contributed by atoms with Crippen molar-refractivity contribution in [3.8, 4) is 0 Å². The van der Waals surface area contributed by atoms with E-state index in [0.29, 0.717) is 6.61 Å². The van der Waals surface area contributed by atoms with Crippen molar-refractivity contribution in [1.29, 1.82) is 5.41 Å². The fourth-order valence-corrected chi connectivity index (χ4v) is 2.51. The van der Waals surface area contributed by atoms with Crippen LogP contribution in [0.2, 0.25) is 0 Å². The lowest BCUT2D eigenvalue weighted by Gasteiger charge is -2.45. The molecule has 0 aliphatic carbocycles. The molecule has 1 aromatic rings. The van der Waals surface area contributed by atoms with Gasteiger partial charge >= 0.3 is 0 Å². The summed E-state index contributed by atoms with van der Waals surface area (Å²) in [6.45, 7) is 8.62. The van der Waals surface area contributed by atoms with Gasteiger partial charge in [0.2, 0.25) is 0 Å². The molecule has 1 aliphatic heterocycles. The van der Waals surface area contributed by atoms with Crippen molar-refractivity contribution in [3.05, 3.63) is 29.3 Å². The Kier molecular flexibility index (Phi) is 3.30. The fraction of sp³-hybridized carbons (Fsp3) is 0.500. The molecule has 0 bridgehead atoms. The van der Waals surface area contributed by atoms with E-state index in [2.05, 4.69) is 31.7 Å². The topological polar surface area (TPSA) is 62.3 Å². The Hall–Kier alpha value is -1.55. The zero-order valence-corrected chi connectivity index (χ0v) is 11.3. The first-order valence-corrected chi connectivity index (χ1v) is 6.23. The number of nitrogen functional groups attached to an aromatic ring is 1. The maximum atomic E-state index is 7.74. The van der Waals surface area contributed by atoms with E-state index in [1.54, 1.807) is 0 Å². The minimum atomic E-state index is -0.0748. The summed E-state index contributed by atoms with van der Waals surface area (Å²) in [5, 5.41) is 7.74. The number of anilines is 1. The van der Waals surface area contributed by atoms with E-state index in [1.165, 1.54) is 0 Å². The van der Waals surface area contributed by atoms with Crippen molar-refractivity contribution >= 4 is 11.5 Å². The van der Waals surface area contributed by atoms with Gasteiger partial charge in [0, 0.05) is 12.1 Å². The molecule has 4 heteroatoms. The highest BCUT2D eigenvalue weighted by Gasteiger charge is 2.32. The summed E-state index contributed by atoms with van der Waals surface area (Å²) in [6, 6.07) is 5.92. The first kappa shape index (κ1) is 12.9. The van der Waals surface area contributed by atoms with Gasteiger partial charge in [0.1, 0.15) is 5.84 Å². The molecule has 18 heavy (non-hydrogen) atoms. The number of nitrogens with one attached hydrogen (secondary N) is 1. The highest BCUT2D eigenvalue weighted by atomic mass is 16.5. The van der Waals surface area contributed by atoms with Gasteiger partial charge in [0.15, 0.2) is 0 Å². The number of amidine groups is 1. The van der Waals surface area contributed by atoms with E-state index in [0.717, 1.165) is 30.0 Å². The van der Waals surface area contributed by atoms with Crippen molar-refractivity contribution in [3.63, 3.8) is 0 Å². The Balaban J connectivity index is 2.52. The maximum Gasteiger partial charge on any atom is 0.124 e. The minimum absolute atomic E-state index is 0.0748. The maximum absolute atomic E-state index is 7.74. The average Bonchev–Trinajstić information content (AvgIpc) is 2.29. The molecule has 0 amide bonds. The summed E-state index contributed by atoms with van der Waals surface area (Å²) in [6.07, 6.45) is 0. The Bertz CT molecular complexity index is 468. The predicted octanol–water partition coefficient (Wildman–Crippen LogP) is 1.89. The number of morpholine rings is 1. The van der Waals surface area contributed by atoms with E-state index >= 15 is 0 Å². The summed E-state index contributed by atoms with van der Waals surface area (Å²) >= 11 is 0. The van der Waals surface area contributed by atoms with Gasteiger partial charge in [0.05, 0.1) is 24.4 Å². The molecule has 1 saturated heterocycles. The molecular formula is C14H21N3O. The summed E-state index contributed by atoms with van der Waals surface area (Å²) < 4.78 is 5.55. The lowest BCUT2D eigenvalue weighted by atomic mass is 9.97. The van der Waals surface area contributed by atoms with E-state index in [4.69, 9.17) is 15.9 Å². The number of hydrogen-bond donors (Lipinski definition) is 2. The zero-order chi connectivity index (χ0) is 13.3. The van der Waals surface area contributed by atoms with Crippen LogP contribution in [0.4, 0.5) is 5.69 Å². The number of hydrogen-bond acceptors (Lipinski definition) is 3. The molecule has 1 aliphatic rings. The number of nitrogens with zero attached hydrogens (tertiary/aromatic N) is 1. The lowest BCUT2D eigenvalue weighted by molar-refractivity contribution is 0.0643. The van der Waals surface area contributed by atoms with Crippen LogP contribution < -0.4 is 10.6 Å². The van der Waals surface area contributed by atoms with Gasteiger partial charge in [-0.2, -0.15) is 0 Å². The average molecular weight is 247 g/mol. The molecule has 1 heterocycles. The van der Waals surface area contributed by atoms with Gasteiger partial charge in [-0.25, -0.2) is 0 Å². The monoisotopic (exact) mass is 247 g/mol. The van der Waals surface area contributed by atoms with Crippen LogP contribution >= 0.6 is 0 Å². The third-order valence-corrected chi connectivity index (χ3v) is 3.44. The second kappa shape index (κ2) is 4.61. The Morgan fingerprint density at radius 1 is 1.44 bits per heavy atom. The third kappa shape index (κ3) is 2.20. The van der Waals surface area contributed by atoms with Crippen LogP contribution in [0.25, 0.3) is 0 Å². The third-order valence-electron chi connectivity index (χ3n) is 3.44. The van der Waals surface area contributed by atoms with E-state index in [1.807, 2.05) is 12.1 Å². The molecule has 3 N–H and O–H groups in total. The molecule has 4 nitrogen and oxygen atoms in total. The molecule has 1 aromatic carbocycles. The van der Waals surface area contributed by atoms with Crippen molar-refractivity contribution < 1.29 is 4.74 Å².